The summed E-state index contributed by atoms with van der Waals surface area (Å²) in [6, 6.07) is 0. The molecule has 4 nitrogen and oxygen atoms in total. The van der Waals surface area contributed by atoms with Crippen LogP contribution in [0.15, 0.2) is 0 Å². The summed E-state index contributed by atoms with van der Waals surface area (Å²) < 4.78 is 0. The molecule has 0 radical (unpaired) electrons. The van der Waals surface area contributed by atoms with Crippen LogP contribution in [0, 0.1) is 0 Å². The maximum atomic E-state index is 12.5. The second kappa shape index (κ2) is 5.41. The van der Waals surface area contributed by atoms with E-state index in [1.807, 2.05) is 4.90 Å². The molecule has 0 spiro atoms. The van der Waals surface area contributed by atoms with Gasteiger partial charge in [-0.15, -0.1) is 0 Å². The van der Waals surface area contributed by atoms with Gasteiger partial charge in [-0.05, 0) is 54.4 Å². The summed E-state index contributed by atoms with van der Waals surface area (Å²) in [4.78, 5) is 14.4. The van der Waals surface area contributed by atoms with Gasteiger partial charge in [-0.3, -0.25) is 4.79 Å². The number of carbonyl (C=O) groups excluding carboxylic acids is 1. The van der Waals surface area contributed by atoms with Crippen LogP contribution in [0.5, 0.6) is 0 Å². The van der Waals surface area contributed by atoms with E-state index in [1.54, 1.807) is 0 Å². The zero-order valence-electron chi connectivity index (χ0n) is 13.3. The van der Waals surface area contributed by atoms with E-state index in [-0.39, 0.29) is 29.1 Å². The molecule has 0 atom stereocenters. The molecule has 1 rings (SSSR count). The predicted octanol–water partition coefficient (Wildman–Crippen LogP) is 1.92. The summed E-state index contributed by atoms with van der Waals surface area (Å²) in [5.74, 6) is 0.120. The highest BCUT2D eigenvalue weighted by atomic mass is 16.3. The molecule has 0 unspecified atom stereocenters. The van der Waals surface area contributed by atoms with Gasteiger partial charge in [0, 0.05) is 29.6 Å². The van der Waals surface area contributed by atoms with Crippen molar-refractivity contribution in [2.45, 2.75) is 77.4 Å². The van der Waals surface area contributed by atoms with Crippen molar-refractivity contribution >= 4 is 5.91 Å². The highest BCUT2D eigenvalue weighted by Gasteiger charge is 2.39. The van der Waals surface area contributed by atoms with Crippen molar-refractivity contribution in [1.29, 1.82) is 0 Å². The summed E-state index contributed by atoms with van der Waals surface area (Å²) in [6.45, 7) is 13.1. The van der Waals surface area contributed by atoms with Crippen molar-refractivity contribution in [3.05, 3.63) is 0 Å². The van der Waals surface area contributed by atoms with Crippen molar-refractivity contribution in [2.75, 3.05) is 13.2 Å². The molecule has 1 heterocycles. The quantitative estimate of drug-likeness (QED) is 0.806. The van der Waals surface area contributed by atoms with Crippen molar-refractivity contribution in [1.82, 2.24) is 10.2 Å². The Bertz CT molecular complexity index is 335. The van der Waals surface area contributed by atoms with E-state index in [0.717, 1.165) is 12.8 Å². The smallest absolute Gasteiger partial charge is 0.224 e. The fraction of sp³-hybridized carbons (Fsp3) is 0.933. The number of rotatable bonds is 2. The Hall–Kier alpha value is -0.610. The maximum Gasteiger partial charge on any atom is 0.224 e. The highest BCUT2D eigenvalue weighted by molar-refractivity contribution is 5.78. The summed E-state index contributed by atoms with van der Waals surface area (Å²) >= 11 is 0. The van der Waals surface area contributed by atoms with Crippen LogP contribution in [0.2, 0.25) is 0 Å². The third-order valence-corrected chi connectivity index (χ3v) is 3.99. The largest absolute Gasteiger partial charge is 0.395 e. The molecular formula is C15H30N2O2. The highest BCUT2D eigenvalue weighted by Crippen LogP contribution is 2.30. The van der Waals surface area contributed by atoms with Crippen LogP contribution >= 0.6 is 0 Å². The van der Waals surface area contributed by atoms with Gasteiger partial charge < -0.3 is 15.3 Å². The molecule has 1 fully saturated rings. The van der Waals surface area contributed by atoms with Crippen LogP contribution in [0.3, 0.4) is 0 Å². The van der Waals surface area contributed by atoms with Crippen molar-refractivity contribution in [3.63, 3.8) is 0 Å². The van der Waals surface area contributed by atoms with E-state index < -0.39 is 0 Å². The minimum absolute atomic E-state index is 0.0102. The monoisotopic (exact) mass is 270 g/mol. The number of hydrogen-bond acceptors (Lipinski definition) is 3. The van der Waals surface area contributed by atoms with Crippen LogP contribution in [-0.4, -0.2) is 45.7 Å². The average Bonchev–Trinajstić information content (AvgIpc) is 2.21. The first-order chi connectivity index (χ1) is 8.49. The topological polar surface area (TPSA) is 52.6 Å². The second-order valence-corrected chi connectivity index (χ2v) is 7.65. The van der Waals surface area contributed by atoms with Gasteiger partial charge in [0.25, 0.3) is 0 Å². The van der Waals surface area contributed by atoms with E-state index in [0.29, 0.717) is 13.0 Å². The number of aliphatic hydroxyl groups excluding tert-OH is 1. The lowest BCUT2D eigenvalue weighted by Gasteiger charge is -2.39. The first-order valence-corrected chi connectivity index (χ1v) is 7.20. The standard InChI is InChI=1S/C15H30N2O2/c1-13(2)7-8-15(5,6)17(9-10-18)12(19)11-14(3,4)16-13/h16,18H,7-11H2,1-6H3. The number of hydrogen-bond donors (Lipinski definition) is 2. The average molecular weight is 270 g/mol. The van der Waals surface area contributed by atoms with Crippen LogP contribution in [-0.2, 0) is 4.79 Å². The molecule has 0 aromatic heterocycles. The number of β-amino-alcohol motifs (C(OH)–C–C–N with tert-alkyl or cyclic N) is 1. The molecule has 0 bridgehead atoms. The fourth-order valence-electron chi connectivity index (χ4n) is 3.11. The molecule has 0 aromatic rings. The van der Waals surface area contributed by atoms with Gasteiger partial charge in [0.15, 0.2) is 0 Å². The summed E-state index contributed by atoms with van der Waals surface area (Å²) in [5, 5.41) is 12.8. The van der Waals surface area contributed by atoms with Crippen LogP contribution in [0.4, 0.5) is 0 Å². The molecule has 1 saturated heterocycles. The maximum absolute atomic E-state index is 12.5. The fourth-order valence-corrected chi connectivity index (χ4v) is 3.11. The van der Waals surface area contributed by atoms with Gasteiger partial charge in [-0.1, -0.05) is 0 Å². The SMILES string of the molecule is CC1(C)CCC(C)(C)N(CCO)C(=O)CC(C)(C)N1. The Kier molecular flexibility index (Phi) is 4.68. The van der Waals surface area contributed by atoms with Crippen LogP contribution in [0.1, 0.15) is 60.8 Å². The van der Waals surface area contributed by atoms with Gasteiger partial charge in [0.1, 0.15) is 0 Å². The minimum atomic E-state index is -0.227. The molecule has 1 amide bonds. The van der Waals surface area contributed by atoms with Crippen LogP contribution in [0.25, 0.3) is 0 Å². The van der Waals surface area contributed by atoms with E-state index in [2.05, 4.69) is 46.9 Å². The lowest BCUT2D eigenvalue weighted by atomic mass is 9.87. The molecule has 0 aliphatic carbocycles. The Morgan fingerprint density at radius 3 is 2.21 bits per heavy atom. The number of nitrogens with one attached hydrogen (secondary N) is 1. The third-order valence-electron chi connectivity index (χ3n) is 3.99. The molecule has 0 saturated carbocycles. The third kappa shape index (κ3) is 4.46. The Balaban J connectivity index is 3.06. The zero-order chi connectivity index (χ0) is 14.9. The Morgan fingerprint density at radius 1 is 1.11 bits per heavy atom. The normalized spacial score (nSPS) is 26.5. The Morgan fingerprint density at radius 2 is 1.68 bits per heavy atom. The Labute approximate surface area is 117 Å². The number of aliphatic hydroxyl groups is 1. The lowest BCUT2D eigenvalue weighted by molar-refractivity contribution is -0.138. The van der Waals surface area contributed by atoms with Gasteiger partial charge in [-0.2, -0.15) is 0 Å². The van der Waals surface area contributed by atoms with E-state index in [4.69, 9.17) is 0 Å². The van der Waals surface area contributed by atoms with Gasteiger partial charge in [0.2, 0.25) is 5.91 Å². The molecule has 112 valence electrons. The number of amides is 1. The van der Waals surface area contributed by atoms with Crippen LogP contribution < -0.4 is 5.32 Å². The lowest BCUT2D eigenvalue weighted by Crippen LogP contribution is -2.53. The van der Waals surface area contributed by atoms with Crippen molar-refractivity contribution < 1.29 is 9.90 Å². The first-order valence-electron chi connectivity index (χ1n) is 7.20. The molecule has 1 aliphatic rings. The van der Waals surface area contributed by atoms with Gasteiger partial charge in [0.05, 0.1) is 6.61 Å². The minimum Gasteiger partial charge on any atom is -0.395 e. The van der Waals surface area contributed by atoms with Crippen molar-refractivity contribution in [2.24, 2.45) is 0 Å². The molecule has 0 aromatic carbocycles. The molecule has 1 aliphatic heterocycles. The van der Waals surface area contributed by atoms with E-state index in [9.17, 15) is 9.90 Å². The first kappa shape index (κ1) is 16.4. The molecule has 4 heteroatoms. The number of nitrogens with zero attached hydrogens (tertiary/aromatic N) is 1. The molecule has 19 heavy (non-hydrogen) atoms. The van der Waals surface area contributed by atoms with E-state index >= 15 is 0 Å². The zero-order valence-corrected chi connectivity index (χ0v) is 13.3. The molecule has 2 N–H and O–H groups in total. The van der Waals surface area contributed by atoms with Gasteiger partial charge >= 0.3 is 0 Å². The van der Waals surface area contributed by atoms with Gasteiger partial charge in [-0.25, -0.2) is 0 Å². The molecular weight excluding hydrogens is 240 g/mol. The predicted molar refractivity (Wildman–Crippen MR) is 78.0 cm³/mol. The summed E-state index contributed by atoms with van der Waals surface area (Å²) in [5.41, 5.74) is -0.426. The number of carbonyl (C=O) groups is 1. The summed E-state index contributed by atoms with van der Waals surface area (Å²) in [7, 11) is 0. The van der Waals surface area contributed by atoms with E-state index in [1.165, 1.54) is 0 Å². The summed E-state index contributed by atoms with van der Waals surface area (Å²) in [6.07, 6.45) is 2.38. The second-order valence-electron chi connectivity index (χ2n) is 7.65. The van der Waals surface area contributed by atoms with Crippen molar-refractivity contribution in [3.8, 4) is 0 Å².